The summed E-state index contributed by atoms with van der Waals surface area (Å²) in [4.78, 5) is 13.3. The Kier molecular flexibility index (Phi) is 7.53. The van der Waals surface area contributed by atoms with Crippen LogP contribution in [0.4, 0.5) is 23.0 Å². The van der Waals surface area contributed by atoms with Crippen molar-refractivity contribution in [3.63, 3.8) is 0 Å². The highest BCUT2D eigenvalue weighted by atomic mass is 16.5. The molecule has 4 rings (SSSR count). The number of hydrogen-bond donors (Lipinski definition) is 2. The monoisotopic (exact) mass is 506 g/mol. The predicted octanol–water partition coefficient (Wildman–Crippen LogP) is 3.47. The largest absolute Gasteiger partial charge is 0.494 e. The molecule has 2 aromatic heterocycles. The Labute approximate surface area is 216 Å². The number of nitrogens with two attached hydrogens (primary N) is 1. The fourth-order valence-corrected chi connectivity index (χ4v) is 4.07. The van der Waals surface area contributed by atoms with Crippen LogP contribution in [0.25, 0.3) is 16.7 Å². The van der Waals surface area contributed by atoms with E-state index in [0.29, 0.717) is 40.4 Å². The molecule has 0 aliphatic rings. The molecule has 0 saturated carbocycles. The highest BCUT2D eigenvalue weighted by molar-refractivity contribution is 5.87. The van der Waals surface area contributed by atoms with E-state index in [0.717, 1.165) is 35.4 Å². The number of anilines is 4. The van der Waals surface area contributed by atoms with E-state index in [1.807, 2.05) is 52.3 Å². The van der Waals surface area contributed by atoms with Gasteiger partial charge in [0.1, 0.15) is 5.75 Å². The van der Waals surface area contributed by atoms with Crippen LogP contribution < -0.4 is 30.2 Å². The molecule has 196 valence electrons. The van der Waals surface area contributed by atoms with Crippen LogP contribution in [0.2, 0.25) is 0 Å². The summed E-state index contributed by atoms with van der Waals surface area (Å²) < 4.78 is 18.4. The first kappa shape index (κ1) is 25.8. The summed E-state index contributed by atoms with van der Waals surface area (Å²) in [5, 5.41) is 8.89. The van der Waals surface area contributed by atoms with Crippen LogP contribution >= 0.6 is 0 Å². The predicted molar refractivity (Wildman–Crippen MR) is 147 cm³/mol. The molecule has 0 amide bonds. The van der Waals surface area contributed by atoms with Gasteiger partial charge in [0.05, 0.1) is 49.6 Å². The van der Waals surface area contributed by atoms with Gasteiger partial charge in [0.2, 0.25) is 5.95 Å². The number of hydrogen-bond acceptors (Lipinski definition) is 10. The zero-order valence-electron chi connectivity index (χ0n) is 22.4. The molecule has 0 atom stereocenters. The highest BCUT2D eigenvalue weighted by Crippen LogP contribution is 2.37. The molecular formula is C26H34N8O3. The maximum Gasteiger partial charge on any atom is 0.229 e. The standard InChI is InChI=1S/C26H34N8O3/c1-16-17-12-23(36-6)24(37-7)14-20(17)34(31-16)25-8-9-28-26(30-25)29-19-13-18(27)21(15-22(19)35-5)33(4)11-10-32(2)3/h8-9,12-15H,10-11,27H2,1-7H3,(H,28,29,30). The Balaban J connectivity index is 1.67. The summed E-state index contributed by atoms with van der Waals surface area (Å²) in [6.07, 6.45) is 1.67. The third-order valence-electron chi connectivity index (χ3n) is 6.12. The molecule has 3 N–H and O–H groups in total. The van der Waals surface area contributed by atoms with Gasteiger partial charge < -0.3 is 35.1 Å². The fraction of sp³-hybridized carbons (Fsp3) is 0.346. The molecule has 37 heavy (non-hydrogen) atoms. The summed E-state index contributed by atoms with van der Waals surface area (Å²) in [6.45, 7) is 3.67. The Morgan fingerprint density at radius 3 is 2.32 bits per heavy atom. The quantitative estimate of drug-likeness (QED) is 0.310. The van der Waals surface area contributed by atoms with E-state index < -0.39 is 0 Å². The van der Waals surface area contributed by atoms with Crippen molar-refractivity contribution < 1.29 is 14.2 Å². The lowest BCUT2D eigenvalue weighted by molar-refractivity contribution is 0.355. The number of fused-ring (bicyclic) bond motifs is 1. The minimum Gasteiger partial charge on any atom is -0.494 e. The summed E-state index contributed by atoms with van der Waals surface area (Å²) in [5.74, 6) is 2.86. The van der Waals surface area contributed by atoms with Gasteiger partial charge in [-0.3, -0.25) is 0 Å². The van der Waals surface area contributed by atoms with Crippen LogP contribution in [0.3, 0.4) is 0 Å². The molecule has 4 aromatic rings. The number of aryl methyl sites for hydroxylation is 1. The lowest BCUT2D eigenvalue weighted by Gasteiger charge is -2.24. The maximum absolute atomic E-state index is 6.41. The van der Waals surface area contributed by atoms with Crippen molar-refractivity contribution in [3.05, 3.63) is 42.2 Å². The topological polar surface area (TPSA) is 116 Å². The van der Waals surface area contributed by atoms with Gasteiger partial charge in [-0.1, -0.05) is 0 Å². The number of nitrogen functional groups attached to an aromatic ring is 1. The Morgan fingerprint density at radius 1 is 0.946 bits per heavy atom. The second-order valence-corrected chi connectivity index (χ2v) is 8.92. The van der Waals surface area contributed by atoms with E-state index >= 15 is 0 Å². The first-order valence-corrected chi connectivity index (χ1v) is 11.8. The Morgan fingerprint density at radius 2 is 1.65 bits per heavy atom. The average Bonchev–Trinajstić information content (AvgIpc) is 3.21. The van der Waals surface area contributed by atoms with Gasteiger partial charge in [0.15, 0.2) is 17.3 Å². The first-order chi connectivity index (χ1) is 17.7. The molecule has 2 aromatic carbocycles. The molecule has 0 aliphatic heterocycles. The van der Waals surface area contributed by atoms with Gasteiger partial charge >= 0.3 is 0 Å². The van der Waals surface area contributed by atoms with Crippen LogP contribution in [0.15, 0.2) is 36.5 Å². The van der Waals surface area contributed by atoms with E-state index in [1.54, 1.807) is 38.3 Å². The van der Waals surface area contributed by atoms with Crippen molar-refractivity contribution in [1.82, 2.24) is 24.6 Å². The lowest BCUT2D eigenvalue weighted by atomic mass is 10.2. The molecule has 0 radical (unpaired) electrons. The number of aromatic nitrogens is 4. The van der Waals surface area contributed by atoms with Crippen LogP contribution in [0.5, 0.6) is 17.2 Å². The summed E-state index contributed by atoms with van der Waals surface area (Å²) in [7, 11) is 10.9. The summed E-state index contributed by atoms with van der Waals surface area (Å²) in [6, 6.07) is 9.35. The van der Waals surface area contributed by atoms with E-state index in [1.165, 1.54) is 0 Å². The van der Waals surface area contributed by atoms with Crippen LogP contribution in [0, 0.1) is 6.92 Å². The number of nitrogens with zero attached hydrogens (tertiary/aromatic N) is 6. The Bertz CT molecular complexity index is 1400. The second-order valence-electron chi connectivity index (χ2n) is 8.92. The normalized spacial score (nSPS) is 11.1. The van der Waals surface area contributed by atoms with Gasteiger partial charge in [-0.15, -0.1) is 0 Å². The minimum absolute atomic E-state index is 0.380. The molecule has 0 saturated heterocycles. The van der Waals surface area contributed by atoms with Crippen molar-refractivity contribution in [2.45, 2.75) is 6.92 Å². The smallest absolute Gasteiger partial charge is 0.229 e. The van der Waals surface area contributed by atoms with E-state index in [-0.39, 0.29) is 0 Å². The van der Waals surface area contributed by atoms with Gasteiger partial charge in [0.25, 0.3) is 0 Å². The van der Waals surface area contributed by atoms with Crippen LogP contribution in [-0.4, -0.2) is 80.2 Å². The van der Waals surface area contributed by atoms with Crippen LogP contribution in [-0.2, 0) is 0 Å². The summed E-state index contributed by atoms with van der Waals surface area (Å²) in [5.41, 5.74) is 10.3. The van der Waals surface area contributed by atoms with Crippen molar-refractivity contribution in [2.24, 2.45) is 0 Å². The van der Waals surface area contributed by atoms with E-state index in [4.69, 9.17) is 30.0 Å². The molecule has 0 aliphatic carbocycles. The van der Waals surface area contributed by atoms with Gasteiger partial charge in [-0.25, -0.2) is 9.67 Å². The van der Waals surface area contributed by atoms with E-state index in [2.05, 4.69) is 20.1 Å². The molecule has 11 nitrogen and oxygen atoms in total. The third kappa shape index (κ3) is 5.31. The molecule has 0 bridgehead atoms. The van der Waals surface area contributed by atoms with Crippen molar-refractivity contribution in [1.29, 1.82) is 0 Å². The molecule has 2 heterocycles. The zero-order valence-corrected chi connectivity index (χ0v) is 22.4. The van der Waals surface area contributed by atoms with Gasteiger partial charge in [-0.2, -0.15) is 10.1 Å². The maximum atomic E-state index is 6.41. The number of ether oxygens (including phenoxy) is 3. The van der Waals surface area contributed by atoms with Crippen molar-refractivity contribution >= 4 is 33.9 Å². The molecule has 11 heteroatoms. The lowest BCUT2D eigenvalue weighted by Crippen LogP contribution is -2.29. The minimum atomic E-state index is 0.380. The summed E-state index contributed by atoms with van der Waals surface area (Å²) >= 11 is 0. The van der Waals surface area contributed by atoms with Gasteiger partial charge in [0, 0.05) is 49.9 Å². The SMILES string of the molecule is COc1cc(N(C)CCN(C)C)c(N)cc1Nc1nccc(-n2nc(C)c3cc(OC)c(OC)cc32)n1. The zero-order chi connectivity index (χ0) is 26.7. The number of methoxy groups -OCH3 is 3. The van der Waals surface area contributed by atoms with E-state index in [9.17, 15) is 0 Å². The van der Waals surface area contributed by atoms with Crippen molar-refractivity contribution in [2.75, 3.05) is 71.5 Å². The average molecular weight is 507 g/mol. The Hall–Kier alpha value is -4.25. The van der Waals surface area contributed by atoms with Crippen LogP contribution in [0.1, 0.15) is 5.69 Å². The third-order valence-corrected chi connectivity index (χ3v) is 6.12. The molecule has 0 spiro atoms. The number of nitrogens with one attached hydrogen (secondary N) is 1. The number of benzene rings is 2. The fourth-order valence-electron chi connectivity index (χ4n) is 4.07. The second kappa shape index (κ2) is 10.8. The van der Waals surface area contributed by atoms with Gasteiger partial charge in [-0.05, 0) is 33.2 Å². The number of rotatable bonds is 10. The highest BCUT2D eigenvalue weighted by Gasteiger charge is 2.17. The van der Waals surface area contributed by atoms with Crippen molar-refractivity contribution in [3.8, 4) is 23.1 Å². The molecular weight excluding hydrogens is 472 g/mol. The number of likely N-dealkylation sites (N-methyl/N-ethyl adjacent to an activating group) is 2. The molecule has 0 unspecified atom stereocenters. The molecule has 0 fully saturated rings. The first-order valence-electron chi connectivity index (χ1n) is 11.8.